The van der Waals surface area contributed by atoms with Crippen LogP contribution >= 0.6 is 35.6 Å². The Morgan fingerprint density at radius 1 is 1.16 bits per heavy atom. The summed E-state index contributed by atoms with van der Waals surface area (Å²) in [6.45, 7) is 6.44. The highest BCUT2D eigenvalue weighted by molar-refractivity contribution is 14.0. The number of piperazine rings is 1. The van der Waals surface area contributed by atoms with Gasteiger partial charge in [-0.05, 0) is 48.7 Å². The maximum Gasteiger partial charge on any atom is 0.255 e. The van der Waals surface area contributed by atoms with Gasteiger partial charge in [0.15, 0.2) is 12.6 Å². The van der Waals surface area contributed by atoms with E-state index in [4.69, 9.17) is 22.1 Å². The lowest BCUT2D eigenvalue weighted by atomic mass is 10.1. The lowest BCUT2D eigenvalue weighted by molar-refractivity contribution is -0.119. The number of amides is 1. The van der Waals surface area contributed by atoms with Crippen molar-refractivity contribution in [2.45, 2.75) is 13.3 Å². The Bertz CT molecular complexity index is 915. The number of anilines is 1. The molecule has 1 saturated heterocycles. The first-order valence-corrected chi connectivity index (χ1v) is 10.8. The van der Waals surface area contributed by atoms with Crippen molar-refractivity contribution in [3.05, 3.63) is 58.6 Å². The molecule has 1 fully saturated rings. The molecule has 2 aromatic carbocycles. The molecule has 0 bridgehead atoms. The summed E-state index contributed by atoms with van der Waals surface area (Å²) in [4.78, 5) is 19.9. The summed E-state index contributed by atoms with van der Waals surface area (Å²) < 4.78 is 5.29. The standard InChI is InChI=1S/C23H30ClN5O2.HI/c1-17-3-6-19(24)15-21(17)28-11-13-29(14-12-28)23(26-2)27-10-9-18-4-7-20(8-5-18)31-16-22(25)30;/h3-8,15H,9-14,16H2,1-2H3,(H2,25,30)(H,26,27);1H. The fraction of sp³-hybridized carbons (Fsp3) is 0.391. The molecule has 0 radical (unpaired) electrons. The Morgan fingerprint density at radius 2 is 1.84 bits per heavy atom. The minimum absolute atomic E-state index is 0. The van der Waals surface area contributed by atoms with E-state index in [1.54, 1.807) is 0 Å². The van der Waals surface area contributed by atoms with Crippen molar-refractivity contribution in [1.82, 2.24) is 10.2 Å². The second kappa shape index (κ2) is 12.7. The lowest BCUT2D eigenvalue weighted by Crippen LogP contribution is -2.53. The smallest absolute Gasteiger partial charge is 0.255 e. The van der Waals surface area contributed by atoms with Gasteiger partial charge in [0, 0.05) is 50.5 Å². The first-order valence-electron chi connectivity index (χ1n) is 10.4. The number of carbonyl (C=O) groups is 1. The number of nitrogens with one attached hydrogen (secondary N) is 1. The number of hydrogen-bond acceptors (Lipinski definition) is 4. The zero-order valence-corrected chi connectivity index (χ0v) is 21.6. The largest absolute Gasteiger partial charge is 0.484 e. The first kappa shape index (κ1) is 26.1. The van der Waals surface area contributed by atoms with E-state index < -0.39 is 5.91 Å². The third-order valence-electron chi connectivity index (χ3n) is 5.30. The van der Waals surface area contributed by atoms with Crippen LogP contribution in [0.4, 0.5) is 5.69 Å². The zero-order valence-electron chi connectivity index (χ0n) is 18.5. The topological polar surface area (TPSA) is 83.2 Å². The molecule has 0 unspecified atom stereocenters. The Kier molecular flexibility index (Phi) is 10.4. The molecule has 2 aromatic rings. The third-order valence-corrected chi connectivity index (χ3v) is 5.54. The first-order chi connectivity index (χ1) is 15.0. The highest BCUT2D eigenvalue weighted by atomic mass is 127. The highest BCUT2D eigenvalue weighted by Crippen LogP contribution is 2.25. The van der Waals surface area contributed by atoms with Crippen molar-refractivity contribution in [2.24, 2.45) is 10.7 Å². The number of aryl methyl sites for hydroxylation is 1. The van der Waals surface area contributed by atoms with Crippen LogP contribution in [0.15, 0.2) is 47.5 Å². The van der Waals surface area contributed by atoms with Crippen molar-refractivity contribution < 1.29 is 9.53 Å². The summed E-state index contributed by atoms with van der Waals surface area (Å²) in [5.41, 5.74) is 8.72. The predicted octanol–water partition coefficient (Wildman–Crippen LogP) is 3.07. The van der Waals surface area contributed by atoms with Crippen LogP contribution in [0.5, 0.6) is 5.75 Å². The van der Waals surface area contributed by atoms with E-state index in [1.165, 1.54) is 16.8 Å². The average Bonchev–Trinajstić information content (AvgIpc) is 2.78. The monoisotopic (exact) mass is 571 g/mol. The maximum absolute atomic E-state index is 10.8. The lowest BCUT2D eigenvalue weighted by Gasteiger charge is -2.38. The summed E-state index contributed by atoms with van der Waals surface area (Å²) in [7, 11) is 1.82. The zero-order chi connectivity index (χ0) is 22.2. The number of primary amides is 1. The SMILES string of the molecule is CN=C(NCCc1ccc(OCC(N)=O)cc1)N1CCN(c2cc(Cl)ccc2C)CC1.I. The van der Waals surface area contributed by atoms with Gasteiger partial charge in [0.25, 0.3) is 5.91 Å². The van der Waals surface area contributed by atoms with Crippen LogP contribution in [-0.2, 0) is 11.2 Å². The second-order valence-corrected chi connectivity index (χ2v) is 7.96. The van der Waals surface area contributed by atoms with Crippen LogP contribution in [0.25, 0.3) is 0 Å². The Morgan fingerprint density at radius 3 is 2.47 bits per heavy atom. The molecular formula is C23H31ClIN5O2. The molecule has 3 rings (SSSR count). The van der Waals surface area contributed by atoms with Gasteiger partial charge in [-0.2, -0.15) is 0 Å². The van der Waals surface area contributed by atoms with E-state index in [0.29, 0.717) is 5.75 Å². The normalized spacial score (nSPS) is 14.0. The highest BCUT2D eigenvalue weighted by Gasteiger charge is 2.20. The van der Waals surface area contributed by atoms with Gasteiger partial charge in [-0.3, -0.25) is 9.79 Å². The summed E-state index contributed by atoms with van der Waals surface area (Å²) in [5, 5.41) is 4.23. The van der Waals surface area contributed by atoms with Crippen LogP contribution in [0.3, 0.4) is 0 Å². The number of nitrogens with two attached hydrogens (primary N) is 1. The van der Waals surface area contributed by atoms with Crippen LogP contribution in [0.2, 0.25) is 5.02 Å². The molecular weight excluding hydrogens is 541 g/mol. The molecule has 0 saturated carbocycles. The van der Waals surface area contributed by atoms with Crippen molar-refractivity contribution in [2.75, 3.05) is 51.3 Å². The van der Waals surface area contributed by atoms with Crippen molar-refractivity contribution in [3.8, 4) is 5.75 Å². The molecule has 174 valence electrons. The maximum atomic E-state index is 10.8. The number of carbonyl (C=O) groups excluding carboxylic acids is 1. The van der Waals surface area contributed by atoms with E-state index in [1.807, 2.05) is 43.4 Å². The van der Waals surface area contributed by atoms with Gasteiger partial charge in [0.05, 0.1) is 0 Å². The molecule has 0 spiro atoms. The number of benzene rings is 2. The summed E-state index contributed by atoms with van der Waals surface area (Å²) >= 11 is 6.19. The van der Waals surface area contributed by atoms with Gasteiger partial charge in [-0.25, -0.2) is 0 Å². The van der Waals surface area contributed by atoms with Gasteiger partial charge in [-0.15, -0.1) is 24.0 Å². The molecule has 1 amide bonds. The Labute approximate surface area is 212 Å². The minimum atomic E-state index is -0.483. The molecule has 0 aliphatic carbocycles. The molecule has 3 N–H and O–H groups in total. The van der Waals surface area contributed by atoms with Gasteiger partial charge in [0.2, 0.25) is 0 Å². The quantitative estimate of drug-likeness (QED) is 0.303. The van der Waals surface area contributed by atoms with Crippen molar-refractivity contribution >= 4 is 53.1 Å². The Hall–Kier alpha value is -2.20. The Balaban J connectivity index is 0.00000363. The molecule has 9 heteroatoms. The minimum Gasteiger partial charge on any atom is -0.484 e. The van der Waals surface area contributed by atoms with E-state index in [2.05, 4.69) is 33.1 Å². The molecule has 0 aromatic heterocycles. The number of guanidine groups is 1. The average molecular weight is 572 g/mol. The number of rotatable bonds is 7. The van der Waals surface area contributed by atoms with Crippen LogP contribution in [0, 0.1) is 6.92 Å². The summed E-state index contributed by atoms with van der Waals surface area (Å²) in [6, 6.07) is 13.7. The molecule has 1 aliphatic rings. The fourth-order valence-corrected chi connectivity index (χ4v) is 3.81. The summed E-state index contributed by atoms with van der Waals surface area (Å²) in [5.74, 6) is 1.08. The van der Waals surface area contributed by atoms with Crippen LogP contribution in [-0.4, -0.2) is 63.1 Å². The molecule has 7 nitrogen and oxygen atoms in total. The van der Waals surface area contributed by atoms with E-state index in [9.17, 15) is 4.79 Å². The molecule has 1 heterocycles. The number of nitrogens with zero attached hydrogens (tertiary/aromatic N) is 3. The van der Waals surface area contributed by atoms with Crippen LogP contribution in [0.1, 0.15) is 11.1 Å². The fourth-order valence-electron chi connectivity index (χ4n) is 3.64. The molecule has 1 aliphatic heterocycles. The molecule has 32 heavy (non-hydrogen) atoms. The predicted molar refractivity (Wildman–Crippen MR) is 142 cm³/mol. The van der Waals surface area contributed by atoms with Gasteiger partial charge < -0.3 is 25.6 Å². The van der Waals surface area contributed by atoms with Crippen molar-refractivity contribution in [3.63, 3.8) is 0 Å². The second-order valence-electron chi connectivity index (χ2n) is 7.53. The van der Waals surface area contributed by atoms with Gasteiger partial charge in [-0.1, -0.05) is 29.8 Å². The number of aliphatic imine (C=N–C) groups is 1. The number of halogens is 2. The summed E-state index contributed by atoms with van der Waals surface area (Å²) in [6.07, 6.45) is 0.858. The van der Waals surface area contributed by atoms with Crippen molar-refractivity contribution in [1.29, 1.82) is 0 Å². The third kappa shape index (κ3) is 7.44. The van der Waals surface area contributed by atoms with E-state index >= 15 is 0 Å². The van der Waals surface area contributed by atoms with E-state index in [-0.39, 0.29) is 30.6 Å². The number of ether oxygens (including phenoxy) is 1. The van der Waals surface area contributed by atoms with Crippen LogP contribution < -0.4 is 20.7 Å². The van der Waals surface area contributed by atoms with Gasteiger partial charge in [0.1, 0.15) is 5.75 Å². The number of hydrogen-bond donors (Lipinski definition) is 2. The molecule has 0 atom stereocenters. The van der Waals surface area contributed by atoms with Gasteiger partial charge >= 0.3 is 0 Å². The van der Waals surface area contributed by atoms with E-state index in [0.717, 1.165) is 50.1 Å².